The number of fused-ring (bicyclic) bond motifs is 1. The van der Waals surface area contributed by atoms with E-state index in [-0.39, 0.29) is 10.7 Å². The van der Waals surface area contributed by atoms with Crippen LogP contribution in [0.2, 0.25) is 10.0 Å². The van der Waals surface area contributed by atoms with Crippen LogP contribution < -0.4 is 5.56 Å². The highest BCUT2D eigenvalue weighted by molar-refractivity contribution is 6.37. The molecule has 0 fully saturated rings. The molecule has 0 aliphatic rings. The van der Waals surface area contributed by atoms with E-state index in [1.54, 1.807) is 30.3 Å². The van der Waals surface area contributed by atoms with Crippen molar-refractivity contribution < 1.29 is 4.92 Å². The lowest BCUT2D eigenvalue weighted by Gasteiger charge is -2.10. The van der Waals surface area contributed by atoms with Gasteiger partial charge in [-0.3, -0.25) is 19.5 Å². The minimum Gasteiger partial charge on any atom is -0.261 e. The van der Waals surface area contributed by atoms with Crippen molar-refractivity contribution in [2.75, 3.05) is 0 Å². The molecule has 0 bridgehead atoms. The van der Waals surface area contributed by atoms with Gasteiger partial charge in [0, 0.05) is 16.6 Å². The van der Waals surface area contributed by atoms with Crippen LogP contribution in [0.1, 0.15) is 0 Å². The Balaban J connectivity index is 2.53. The molecule has 22 heavy (non-hydrogen) atoms. The first-order valence-corrected chi connectivity index (χ1v) is 6.86. The first kappa shape index (κ1) is 14.5. The molecule has 0 aliphatic carbocycles. The minimum absolute atomic E-state index is 0.226. The Bertz CT molecular complexity index is 969. The number of nitrogens with zero attached hydrogens (tertiary/aromatic N) is 3. The molecule has 3 aromatic rings. The minimum atomic E-state index is -0.858. The van der Waals surface area contributed by atoms with Gasteiger partial charge >= 0.3 is 11.2 Å². The van der Waals surface area contributed by atoms with Gasteiger partial charge in [0.1, 0.15) is 10.7 Å². The van der Waals surface area contributed by atoms with Crippen molar-refractivity contribution in [2.45, 2.75) is 0 Å². The number of rotatable bonds is 2. The lowest BCUT2D eigenvalue weighted by atomic mass is 10.2. The maximum absolute atomic E-state index is 12.5. The molecule has 8 heteroatoms. The van der Waals surface area contributed by atoms with Gasteiger partial charge in [-0.25, -0.2) is 4.98 Å². The fourth-order valence-corrected chi connectivity index (χ4v) is 2.66. The second-order valence-corrected chi connectivity index (χ2v) is 5.23. The lowest BCUT2D eigenvalue weighted by molar-refractivity contribution is -0.386. The van der Waals surface area contributed by atoms with Crippen molar-refractivity contribution in [3.63, 3.8) is 0 Å². The fraction of sp³-hybridized carbons (Fsp3) is 0. The summed E-state index contributed by atoms with van der Waals surface area (Å²) >= 11 is 11.9. The number of nitro groups is 1. The summed E-state index contributed by atoms with van der Waals surface area (Å²) in [6.45, 7) is 0. The Hall–Kier alpha value is -2.44. The number of halogens is 2. The Morgan fingerprint density at radius 3 is 2.64 bits per heavy atom. The summed E-state index contributed by atoms with van der Waals surface area (Å²) < 4.78 is 1.13. The number of aromatic nitrogens is 2. The normalized spacial score (nSPS) is 10.8. The first-order valence-electron chi connectivity index (χ1n) is 6.10. The summed E-state index contributed by atoms with van der Waals surface area (Å²) in [6, 6.07) is 9.56. The zero-order valence-electron chi connectivity index (χ0n) is 10.9. The zero-order chi connectivity index (χ0) is 15.9. The molecule has 6 nitrogen and oxygen atoms in total. The van der Waals surface area contributed by atoms with Gasteiger partial charge in [0.15, 0.2) is 0 Å². The van der Waals surface area contributed by atoms with Crippen molar-refractivity contribution >= 4 is 39.9 Å². The van der Waals surface area contributed by atoms with Gasteiger partial charge < -0.3 is 0 Å². The third kappa shape index (κ3) is 2.22. The summed E-state index contributed by atoms with van der Waals surface area (Å²) in [4.78, 5) is 27.0. The van der Waals surface area contributed by atoms with Crippen LogP contribution in [0.4, 0.5) is 5.69 Å². The maximum Gasteiger partial charge on any atom is 0.353 e. The summed E-state index contributed by atoms with van der Waals surface area (Å²) in [5.41, 5.74) is -0.947. The number of benzene rings is 1. The SMILES string of the molecule is O=c1c([N+](=O)[O-])c(Cl)c2cccnc2n1-c1cccc(Cl)c1. The largest absolute Gasteiger partial charge is 0.353 e. The molecule has 110 valence electrons. The molecule has 0 aliphatic heterocycles. The van der Waals surface area contributed by atoms with Crippen LogP contribution in [0.25, 0.3) is 16.7 Å². The van der Waals surface area contributed by atoms with Crippen LogP contribution in [-0.2, 0) is 0 Å². The smallest absolute Gasteiger partial charge is 0.261 e. The molecule has 2 heterocycles. The molecule has 0 saturated carbocycles. The molecule has 2 aromatic heterocycles. The van der Waals surface area contributed by atoms with E-state index in [1.165, 1.54) is 12.3 Å². The van der Waals surface area contributed by atoms with Gasteiger partial charge in [-0.15, -0.1) is 0 Å². The van der Waals surface area contributed by atoms with Crippen molar-refractivity contribution in [3.8, 4) is 5.69 Å². The predicted octanol–water partition coefficient (Wildman–Crippen LogP) is 3.60. The number of pyridine rings is 2. The standard InChI is InChI=1S/C14H7Cl2N3O3/c15-8-3-1-4-9(7-8)18-13-10(5-2-6-17-13)11(16)12(14(18)20)19(21)22/h1-7H. The van der Waals surface area contributed by atoms with Crippen molar-refractivity contribution in [2.24, 2.45) is 0 Å². The Morgan fingerprint density at radius 2 is 1.95 bits per heavy atom. The monoisotopic (exact) mass is 335 g/mol. The van der Waals surface area contributed by atoms with Gasteiger partial charge in [0.25, 0.3) is 0 Å². The topological polar surface area (TPSA) is 78.0 Å². The second-order valence-electron chi connectivity index (χ2n) is 4.41. The Morgan fingerprint density at radius 1 is 1.18 bits per heavy atom. The van der Waals surface area contributed by atoms with Crippen LogP contribution in [0, 0.1) is 10.1 Å². The highest BCUT2D eigenvalue weighted by atomic mass is 35.5. The van der Waals surface area contributed by atoms with Crippen molar-refractivity contribution in [1.29, 1.82) is 0 Å². The van der Waals surface area contributed by atoms with E-state index in [9.17, 15) is 14.9 Å². The molecule has 0 N–H and O–H groups in total. The molecule has 0 unspecified atom stereocenters. The zero-order valence-corrected chi connectivity index (χ0v) is 12.4. The van der Waals surface area contributed by atoms with Crippen molar-refractivity contribution in [1.82, 2.24) is 9.55 Å². The molecule has 3 rings (SSSR count). The van der Waals surface area contributed by atoms with Crippen LogP contribution in [-0.4, -0.2) is 14.5 Å². The first-order chi connectivity index (χ1) is 10.5. The van der Waals surface area contributed by atoms with E-state index in [2.05, 4.69) is 4.98 Å². The lowest BCUT2D eigenvalue weighted by Crippen LogP contribution is -2.22. The van der Waals surface area contributed by atoms with E-state index in [0.29, 0.717) is 16.1 Å². The molecular formula is C14H7Cl2N3O3. The van der Waals surface area contributed by atoms with Gasteiger partial charge in [0.05, 0.1) is 10.6 Å². The molecule has 1 aromatic carbocycles. The summed E-state index contributed by atoms with van der Waals surface area (Å²) in [6.07, 6.45) is 1.48. The van der Waals surface area contributed by atoms with Gasteiger partial charge in [-0.1, -0.05) is 29.3 Å². The predicted molar refractivity (Wildman–Crippen MR) is 84.0 cm³/mol. The molecule has 0 saturated heterocycles. The third-order valence-electron chi connectivity index (χ3n) is 3.10. The summed E-state index contributed by atoms with van der Waals surface area (Å²) in [5, 5.41) is 11.7. The van der Waals surface area contributed by atoms with Gasteiger partial charge in [-0.2, -0.15) is 0 Å². The van der Waals surface area contributed by atoms with Crippen molar-refractivity contribution in [3.05, 3.63) is 73.1 Å². The number of hydrogen-bond donors (Lipinski definition) is 0. The second kappa shape index (κ2) is 5.40. The third-order valence-corrected chi connectivity index (χ3v) is 3.72. The molecular weight excluding hydrogens is 329 g/mol. The average Bonchev–Trinajstić information content (AvgIpc) is 2.47. The average molecular weight is 336 g/mol. The molecule has 0 atom stereocenters. The highest BCUT2D eigenvalue weighted by Crippen LogP contribution is 2.30. The van der Waals surface area contributed by atoms with E-state index >= 15 is 0 Å². The molecule has 0 spiro atoms. The summed E-state index contributed by atoms with van der Waals surface area (Å²) in [7, 11) is 0. The summed E-state index contributed by atoms with van der Waals surface area (Å²) in [5.74, 6) is 0. The fourth-order valence-electron chi connectivity index (χ4n) is 2.18. The van der Waals surface area contributed by atoms with E-state index in [1.807, 2.05) is 0 Å². The molecule has 0 amide bonds. The van der Waals surface area contributed by atoms with Gasteiger partial charge in [-0.05, 0) is 30.3 Å². The molecule has 0 radical (unpaired) electrons. The Kier molecular flexibility index (Phi) is 3.56. The van der Waals surface area contributed by atoms with Crippen LogP contribution in [0.15, 0.2) is 47.4 Å². The van der Waals surface area contributed by atoms with Crippen LogP contribution in [0.5, 0.6) is 0 Å². The van der Waals surface area contributed by atoms with Gasteiger partial charge in [0.2, 0.25) is 0 Å². The quantitative estimate of drug-likeness (QED) is 0.529. The van der Waals surface area contributed by atoms with Crippen LogP contribution in [0.3, 0.4) is 0 Å². The maximum atomic E-state index is 12.5. The van der Waals surface area contributed by atoms with E-state index < -0.39 is 16.2 Å². The van der Waals surface area contributed by atoms with Crippen LogP contribution >= 0.6 is 23.2 Å². The Labute approximate surface area is 133 Å². The number of hydrogen-bond acceptors (Lipinski definition) is 4. The van der Waals surface area contributed by atoms with E-state index in [4.69, 9.17) is 23.2 Å². The van der Waals surface area contributed by atoms with E-state index in [0.717, 1.165) is 4.57 Å². The highest BCUT2D eigenvalue weighted by Gasteiger charge is 2.25.